The van der Waals surface area contributed by atoms with Crippen LogP contribution in [0.5, 0.6) is 0 Å². The van der Waals surface area contributed by atoms with Gasteiger partial charge in [0.15, 0.2) is 0 Å². The Morgan fingerprint density at radius 3 is 2.57 bits per heavy atom. The van der Waals surface area contributed by atoms with Crippen molar-refractivity contribution in [1.82, 2.24) is 30.2 Å². The summed E-state index contributed by atoms with van der Waals surface area (Å²) in [6.07, 6.45) is 2.51. The van der Waals surface area contributed by atoms with E-state index in [2.05, 4.69) is 32.5 Å². The van der Waals surface area contributed by atoms with Gasteiger partial charge in [-0.25, -0.2) is 9.78 Å². The molecule has 10 heteroatoms. The fourth-order valence-corrected chi connectivity index (χ4v) is 5.01. The summed E-state index contributed by atoms with van der Waals surface area (Å²) in [5.74, 6) is 0.0727. The highest BCUT2D eigenvalue weighted by Gasteiger charge is 2.20. The van der Waals surface area contributed by atoms with E-state index in [-0.39, 0.29) is 16.5 Å². The Labute approximate surface area is 204 Å². The van der Waals surface area contributed by atoms with E-state index in [1.165, 1.54) is 16.7 Å². The molecule has 0 saturated carbocycles. The number of fused-ring (bicyclic) bond motifs is 1. The molecule has 2 aromatic carbocycles. The van der Waals surface area contributed by atoms with Gasteiger partial charge in [0.1, 0.15) is 10.7 Å². The number of thiophene rings is 1. The van der Waals surface area contributed by atoms with E-state index in [1.807, 2.05) is 48.5 Å². The maximum atomic E-state index is 13.4. The number of H-pyrrole nitrogens is 1. The van der Waals surface area contributed by atoms with Crippen LogP contribution < -0.4 is 5.56 Å². The number of hydrogen-bond acceptors (Lipinski definition) is 7. The number of nitrogens with one attached hydrogen (secondary N) is 1. The lowest BCUT2D eigenvalue weighted by Gasteiger charge is -2.13. The van der Waals surface area contributed by atoms with Crippen molar-refractivity contribution in [3.8, 4) is 22.5 Å². The van der Waals surface area contributed by atoms with Gasteiger partial charge in [-0.1, -0.05) is 61.9 Å². The highest BCUT2D eigenvalue weighted by atomic mass is 32.1. The third-order valence-electron chi connectivity index (χ3n) is 5.88. The van der Waals surface area contributed by atoms with Gasteiger partial charge in [-0.2, -0.15) is 5.21 Å². The second kappa shape index (κ2) is 9.59. The molecule has 5 rings (SSSR count). The molecule has 0 aliphatic rings. The lowest BCUT2D eigenvalue weighted by molar-refractivity contribution is 0.0699. The standard InChI is InChI=1S/C25H22N6O3S/c1-2-3-8-20-26-23-21(19(14-35-23)25(33)34)24(32)31(20)13-15-9-11-16(12-10-15)17-6-4-5-7-18(17)22-27-29-30-28-22/h4-7,9-12,14H,2-3,8,13H2,1H3,(H,33,34)(H,27,28,29,30). The van der Waals surface area contributed by atoms with Crippen LogP contribution in [0.15, 0.2) is 58.7 Å². The minimum Gasteiger partial charge on any atom is -0.478 e. The smallest absolute Gasteiger partial charge is 0.337 e. The normalized spacial score (nSPS) is 11.2. The van der Waals surface area contributed by atoms with E-state index in [0.717, 1.165) is 35.1 Å². The maximum absolute atomic E-state index is 13.4. The number of nitrogens with zero attached hydrogens (tertiary/aromatic N) is 5. The maximum Gasteiger partial charge on any atom is 0.337 e. The van der Waals surface area contributed by atoms with E-state index in [4.69, 9.17) is 0 Å². The molecule has 0 atom stereocenters. The summed E-state index contributed by atoms with van der Waals surface area (Å²) >= 11 is 1.20. The molecule has 2 N–H and O–H groups in total. The number of rotatable bonds is 8. The third-order valence-corrected chi connectivity index (χ3v) is 6.75. The summed E-state index contributed by atoms with van der Waals surface area (Å²) in [6, 6.07) is 15.7. The number of unbranched alkanes of at least 4 members (excludes halogenated alkanes) is 1. The molecular formula is C25H22N6O3S. The molecule has 3 heterocycles. The fraction of sp³-hybridized carbons (Fsp3) is 0.200. The quantitative estimate of drug-likeness (QED) is 0.333. The first-order valence-corrected chi connectivity index (χ1v) is 12.1. The van der Waals surface area contributed by atoms with Crippen molar-refractivity contribution in [2.75, 3.05) is 0 Å². The molecule has 0 bridgehead atoms. The minimum atomic E-state index is -1.12. The molecule has 9 nitrogen and oxygen atoms in total. The number of carboxylic acids is 1. The van der Waals surface area contributed by atoms with Crippen molar-refractivity contribution in [2.45, 2.75) is 32.7 Å². The van der Waals surface area contributed by atoms with Crippen LogP contribution in [-0.4, -0.2) is 41.3 Å². The Morgan fingerprint density at radius 2 is 1.89 bits per heavy atom. The number of aromatic nitrogens is 6. The lowest BCUT2D eigenvalue weighted by Crippen LogP contribution is -2.26. The first-order chi connectivity index (χ1) is 17.1. The molecule has 0 fully saturated rings. The van der Waals surface area contributed by atoms with Crippen molar-refractivity contribution in [3.05, 3.63) is 81.2 Å². The van der Waals surface area contributed by atoms with Gasteiger partial charge in [-0.3, -0.25) is 9.36 Å². The first-order valence-electron chi connectivity index (χ1n) is 11.2. The summed E-state index contributed by atoms with van der Waals surface area (Å²) < 4.78 is 1.61. The van der Waals surface area contributed by atoms with Crippen molar-refractivity contribution >= 4 is 27.5 Å². The van der Waals surface area contributed by atoms with Crippen LogP contribution in [0.3, 0.4) is 0 Å². The number of benzene rings is 2. The molecule has 0 radical (unpaired) electrons. The van der Waals surface area contributed by atoms with E-state index < -0.39 is 5.97 Å². The highest BCUT2D eigenvalue weighted by molar-refractivity contribution is 7.17. The molecule has 0 aliphatic heterocycles. The van der Waals surface area contributed by atoms with Crippen LogP contribution in [-0.2, 0) is 13.0 Å². The molecule has 176 valence electrons. The monoisotopic (exact) mass is 486 g/mol. The number of hydrogen-bond donors (Lipinski definition) is 2. The number of aromatic carboxylic acids is 1. The largest absolute Gasteiger partial charge is 0.478 e. The lowest BCUT2D eigenvalue weighted by atomic mass is 9.98. The fourth-order valence-electron chi connectivity index (χ4n) is 4.09. The van der Waals surface area contributed by atoms with Crippen LogP contribution in [0, 0.1) is 0 Å². The molecule has 0 aliphatic carbocycles. The van der Waals surface area contributed by atoms with E-state index in [1.54, 1.807) is 4.57 Å². The SMILES string of the molecule is CCCCc1nc2scc(C(=O)O)c2c(=O)n1Cc1ccc(-c2ccccc2-c2nn[nH]n2)cc1. The molecule has 35 heavy (non-hydrogen) atoms. The van der Waals surface area contributed by atoms with E-state index >= 15 is 0 Å². The molecule has 0 spiro atoms. The topological polar surface area (TPSA) is 127 Å². The Hall–Kier alpha value is -4.18. The number of carboxylic acid groups (broad SMARTS) is 1. The van der Waals surface area contributed by atoms with Gasteiger partial charge in [0.25, 0.3) is 5.56 Å². The van der Waals surface area contributed by atoms with Gasteiger partial charge >= 0.3 is 5.97 Å². The van der Waals surface area contributed by atoms with Gasteiger partial charge in [-0.05, 0) is 28.3 Å². The molecule has 0 amide bonds. The first kappa shape index (κ1) is 22.6. The molecule has 0 unspecified atom stereocenters. The average Bonchev–Trinajstić information content (AvgIpc) is 3.56. The third kappa shape index (κ3) is 4.35. The number of tetrazole rings is 1. The van der Waals surface area contributed by atoms with Crippen molar-refractivity contribution in [3.63, 3.8) is 0 Å². The Balaban J connectivity index is 1.52. The summed E-state index contributed by atoms with van der Waals surface area (Å²) in [4.78, 5) is 30.2. The van der Waals surface area contributed by atoms with Crippen molar-refractivity contribution in [1.29, 1.82) is 0 Å². The number of aromatic amines is 1. The average molecular weight is 487 g/mol. The zero-order valence-electron chi connectivity index (χ0n) is 18.9. The molecule has 3 aromatic heterocycles. The summed E-state index contributed by atoms with van der Waals surface area (Å²) in [5.41, 5.74) is 3.42. The Bertz CT molecular complexity index is 1550. The van der Waals surface area contributed by atoms with Crippen LogP contribution in [0.4, 0.5) is 0 Å². The predicted octanol–water partition coefficient (Wildman–Crippen LogP) is 4.39. The Morgan fingerprint density at radius 1 is 1.11 bits per heavy atom. The second-order valence-corrected chi connectivity index (χ2v) is 8.99. The zero-order valence-corrected chi connectivity index (χ0v) is 19.7. The zero-order chi connectivity index (χ0) is 24.4. The summed E-state index contributed by atoms with van der Waals surface area (Å²) in [5, 5.41) is 25.5. The number of aryl methyl sites for hydroxylation is 1. The molecule has 0 saturated heterocycles. The minimum absolute atomic E-state index is 0.00621. The Kier molecular flexibility index (Phi) is 6.19. The second-order valence-electron chi connectivity index (χ2n) is 8.14. The van der Waals surface area contributed by atoms with E-state index in [9.17, 15) is 14.7 Å². The van der Waals surface area contributed by atoms with Gasteiger partial charge in [0, 0.05) is 17.4 Å². The van der Waals surface area contributed by atoms with E-state index in [0.29, 0.717) is 29.4 Å². The van der Waals surface area contributed by atoms with Crippen molar-refractivity contribution in [2.24, 2.45) is 0 Å². The summed E-state index contributed by atoms with van der Waals surface area (Å²) in [7, 11) is 0. The number of carbonyl (C=O) groups is 1. The predicted molar refractivity (Wildman–Crippen MR) is 134 cm³/mol. The van der Waals surface area contributed by atoms with Crippen LogP contribution in [0.2, 0.25) is 0 Å². The van der Waals surface area contributed by atoms with Crippen molar-refractivity contribution < 1.29 is 9.90 Å². The summed E-state index contributed by atoms with van der Waals surface area (Å²) in [6.45, 7) is 2.39. The van der Waals surface area contributed by atoms with Gasteiger partial charge in [0.2, 0.25) is 5.82 Å². The van der Waals surface area contributed by atoms with Crippen LogP contribution in [0.1, 0.15) is 41.5 Å². The van der Waals surface area contributed by atoms with Crippen LogP contribution in [0.25, 0.3) is 32.7 Å². The van der Waals surface area contributed by atoms with Gasteiger partial charge < -0.3 is 5.11 Å². The highest BCUT2D eigenvalue weighted by Crippen LogP contribution is 2.30. The molecule has 5 aromatic rings. The molecular weight excluding hydrogens is 464 g/mol. The van der Waals surface area contributed by atoms with Gasteiger partial charge in [-0.15, -0.1) is 21.5 Å². The van der Waals surface area contributed by atoms with Crippen LogP contribution >= 0.6 is 11.3 Å². The van der Waals surface area contributed by atoms with Gasteiger partial charge in [0.05, 0.1) is 17.5 Å².